The van der Waals surface area contributed by atoms with Gasteiger partial charge in [-0.05, 0) is 17.2 Å². The number of carboxylic acids is 1. The highest BCUT2D eigenvalue weighted by Crippen LogP contribution is 2.44. The van der Waals surface area contributed by atoms with E-state index in [1.54, 1.807) is 11.8 Å². The first-order valence-electron chi connectivity index (χ1n) is 11.2. The average molecular weight is 590 g/mol. The number of nitrogens with one attached hydrogen (secondary N) is 3. The number of hydrazine groups is 1. The van der Waals surface area contributed by atoms with E-state index in [1.165, 1.54) is 5.56 Å². The molecule has 0 amide bonds. The molecule has 35 heavy (non-hydrogen) atoms. The van der Waals surface area contributed by atoms with Gasteiger partial charge < -0.3 is 5.11 Å². The summed E-state index contributed by atoms with van der Waals surface area (Å²) in [4.78, 5) is 11.0. The molecule has 0 saturated carbocycles. The molecular weight excluding hydrogens is 563 g/mol. The summed E-state index contributed by atoms with van der Waals surface area (Å²) in [5, 5.41) is 19.6. The third-order valence-corrected chi connectivity index (χ3v) is 12.1. The summed E-state index contributed by atoms with van der Waals surface area (Å²) in [7, 11) is 0. The number of carbonyl (C=O) groups is 1. The minimum atomic E-state index is -0.799. The topological polar surface area (TPSA) is 76.6 Å². The first-order valence-corrected chi connectivity index (χ1v) is 16.2. The fraction of sp³-hybridized carbons (Fsp3) is 0.435. The van der Waals surface area contributed by atoms with Crippen molar-refractivity contribution in [3.05, 3.63) is 63.6 Å². The molecule has 5 unspecified atom stereocenters. The van der Waals surface area contributed by atoms with Crippen molar-refractivity contribution in [3.8, 4) is 0 Å². The molecule has 6 nitrogen and oxygen atoms in total. The summed E-state index contributed by atoms with van der Waals surface area (Å²) in [6.07, 6.45) is 0.100. The zero-order valence-electron chi connectivity index (χ0n) is 18.7. The van der Waals surface area contributed by atoms with Crippen LogP contribution in [0, 0.1) is 0 Å². The Morgan fingerprint density at radius 2 is 1.74 bits per heavy atom. The van der Waals surface area contributed by atoms with Crippen LogP contribution in [-0.2, 0) is 4.79 Å². The van der Waals surface area contributed by atoms with Gasteiger partial charge in [-0.15, -0.1) is 47.0 Å². The fourth-order valence-corrected chi connectivity index (χ4v) is 9.87. The SMILES string of the molecule is O=C(O)CC1CSC(c2ccc(N3CSC(SCC4CSC(c5ccccc5)N4)N3)c(Cl)c2Cl)N1. The standard InChI is InChI=1S/C23H26Cl2N4O2S4/c24-19-16(22-26-14(9-33-22)8-18(30)31)6-7-17(20(19)25)29-12-35-23(28-29)34-11-15-10-32-21(27-15)13-4-2-1-3-5-13/h1-7,14-15,21-23,26-28H,8-12H2,(H,30,31). The number of aliphatic carboxylic acids is 1. The molecule has 3 aliphatic heterocycles. The maximum absolute atomic E-state index is 11.0. The maximum atomic E-state index is 11.0. The van der Waals surface area contributed by atoms with Gasteiger partial charge in [0.2, 0.25) is 0 Å². The van der Waals surface area contributed by atoms with Crippen molar-refractivity contribution in [2.24, 2.45) is 0 Å². The lowest BCUT2D eigenvalue weighted by Crippen LogP contribution is -2.36. The highest BCUT2D eigenvalue weighted by atomic mass is 35.5. The minimum Gasteiger partial charge on any atom is -0.481 e. The van der Waals surface area contributed by atoms with E-state index >= 15 is 0 Å². The van der Waals surface area contributed by atoms with Crippen molar-refractivity contribution in [2.45, 2.75) is 34.0 Å². The van der Waals surface area contributed by atoms with Gasteiger partial charge in [0.1, 0.15) is 4.71 Å². The Hall–Kier alpha value is -0.430. The molecule has 3 aliphatic rings. The third kappa shape index (κ3) is 6.35. The second-order valence-corrected chi connectivity index (χ2v) is 14.0. The van der Waals surface area contributed by atoms with Gasteiger partial charge in [0.15, 0.2) is 0 Å². The lowest BCUT2D eigenvalue weighted by Gasteiger charge is -2.23. The Kier molecular flexibility index (Phi) is 8.95. The second-order valence-electron chi connectivity index (χ2n) is 8.48. The number of rotatable bonds is 8. The van der Waals surface area contributed by atoms with E-state index in [9.17, 15) is 4.79 Å². The predicted octanol–water partition coefficient (Wildman–Crippen LogP) is 5.61. The van der Waals surface area contributed by atoms with Crippen LogP contribution in [0.4, 0.5) is 5.69 Å². The van der Waals surface area contributed by atoms with Crippen molar-refractivity contribution >= 4 is 81.9 Å². The van der Waals surface area contributed by atoms with Crippen LogP contribution in [0.5, 0.6) is 0 Å². The molecule has 0 radical (unpaired) electrons. The van der Waals surface area contributed by atoms with Gasteiger partial charge in [-0.3, -0.25) is 20.4 Å². The molecule has 2 aromatic rings. The van der Waals surface area contributed by atoms with Gasteiger partial charge in [-0.25, -0.2) is 5.43 Å². The summed E-state index contributed by atoms with van der Waals surface area (Å²) >= 11 is 20.8. The first-order chi connectivity index (χ1) is 17.0. The number of halogens is 2. The van der Waals surface area contributed by atoms with Crippen LogP contribution in [0.1, 0.15) is 28.3 Å². The second kappa shape index (κ2) is 12.0. The van der Waals surface area contributed by atoms with Crippen LogP contribution in [0.15, 0.2) is 42.5 Å². The Morgan fingerprint density at radius 1 is 1.00 bits per heavy atom. The van der Waals surface area contributed by atoms with E-state index in [0.717, 1.165) is 34.4 Å². The largest absolute Gasteiger partial charge is 0.481 e. The monoisotopic (exact) mass is 588 g/mol. The van der Waals surface area contributed by atoms with Gasteiger partial charge in [0.25, 0.3) is 0 Å². The van der Waals surface area contributed by atoms with E-state index in [4.69, 9.17) is 28.3 Å². The number of thioether (sulfide) groups is 4. The van der Waals surface area contributed by atoms with Crippen molar-refractivity contribution in [1.29, 1.82) is 0 Å². The van der Waals surface area contributed by atoms with Gasteiger partial charge in [0.05, 0.1) is 38.8 Å². The van der Waals surface area contributed by atoms with Gasteiger partial charge in [0, 0.05) is 29.3 Å². The zero-order valence-corrected chi connectivity index (χ0v) is 23.4. The minimum absolute atomic E-state index is 0.0564. The molecular formula is C23H26Cl2N4O2S4. The van der Waals surface area contributed by atoms with Crippen LogP contribution < -0.4 is 21.1 Å². The smallest absolute Gasteiger partial charge is 0.304 e. The number of anilines is 1. The molecule has 4 N–H and O–H groups in total. The summed E-state index contributed by atoms with van der Waals surface area (Å²) < 4.78 is 0.246. The van der Waals surface area contributed by atoms with E-state index < -0.39 is 5.97 Å². The Balaban J connectivity index is 1.13. The third-order valence-electron chi connectivity index (χ3n) is 5.96. The number of carboxylic acid groups (broad SMARTS) is 1. The average Bonchev–Trinajstić information content (AvgIpc) is 3.61. The molecule has 12 heteroatoms. The highest BCUT2D eigenvalue weighted by molar-refractivity contribution is 8.17. The van der Waals surface area contributed by atoms with Gasteiger partial charge in [-0.2, -0.15) is 0 Å². The Bertz CT molecular complexity index is 1050. The van der Waals surface area contributed by atoms with E-state index in [2.05, 4.69) is 51.4 Å². The van der Waals surface area contributed by atoms with Crippen LogP contribution >= 0.6 is 70.2 Å². The molecule has 3 heterocycles. The first kappa shape index (κ1) is 26.2. The summed E-state index contributed by atoms with van der Waals surface area (Å²) in [6, 6.07) is 15.0. The van der Waals surface area contributed by atoms with E-state index in [-0.39, 0.29) is 22.5 Å². The van der Waals surface area contributed by atoms with Crippen LogP contribution in [0.3, 0.4) is 0 Å². The van der Waals surface area contributed by atoms with Crippen molar-refractivity contribution in [3.63, 3.8) is 0 Å². The van der Waals surface area contributed by atoms with Gasteiger partial charge in [-0.1, -0.05) is 59.6 Å². The Morgan fingerprint density at radius 3 is 2.54 bits per heavy atom. The molecule has 0 aliphatic carbocycles. The van der Waals surface area contributed by atoms with E-state index in [1.807, 2.05) is 47.4 Å². The lowest BCUT2D eigenvalue weighted by molar-refractivity contribution is -0.137. The lowest BCUT2D eigenvalue weighted by atomic mass is 10.1. The maximum Gasteiger partial charge on any atom is 0.304 e. The van der Waals surface area contributed by atoms with Gasteiger partial charge >= 0.3 is 5.97 Å². The molecule has 3 saturated heterocycles. The van der Waals surface area contributed by atoms with Crippen LogP contribution in [0.25, 0.3) is 0 Å². The molecule has 5 rings (SSSR count). The number of hydrogen-bond acceptors (Lipinski definition) is 9. The molecule has 3 fully saturated rings. The fourth-order valence-electron chi connectivity index (χ4n) is 4.21. The molecule has 5 atom stereocenters. The Labute approximate surface area is 232 Å². The summed E-state index contributed by atoms with van der Waals surface area (Å²) in [5.74, 6) is 2.85. The molecule has 0 spiro atoms. The molecule has 0 bridgehead atoms. The highest BCUT2D eigenvalue weighted by Gasteiger charge is 2.32. The number of nitrogens with zero attached hydrogens (tertiary/aromatic N) is 1. The summed E-state index contributed by atoms with van der Waals surface area (Å²) in [5.41, 5.74) is 6.65. The molecule has 188 valence electrons. The zero-order chi connectivity index (χ0) is 24.4. The van der Waals surface area contributed by atoms with E-state index in [0.29, 0.717) is 21.5 Å². The van der Waals surface area contributed by atoms with Crippen LogP contribution in [0.2, 0.25) is 10.0 Å². The summed E-state index contributed by atoms with van der Waals surface area (Å²) in [6.45, 7) is 0. The quantitative estimate of drug-likeness (QED) is 0.312. The number of hydrogen-bond donors (Lipinski definition) is 4. The predicted molar refractivity (Wildman–Crippen MR) is 154 cm³/mol. The number of benzene rings is 2. The van der Waals surface area contributed by atoms with Crippen molar-refractivity contribution in [2.75, 3.05) is 28.1 Å². The molecule has 0 aromatic heterocycles. The van der Waals surface area contributed by atoms with Crippen molar-refractivity contribution in [1.82, 2.24) is 16.1 Å². The normalized spacial score (nSPS) is 28.6. The molecule has 2 aromatic carbocycles. The van der Waals surface area contributed by atoms with Crippen molar-refractivity contribution < 1.29 is 9.90 Å². The van der Waals surface area contributed by atoms with Crippen LogP contribution in [-0.4, -0.2) is 51.0 Å².